The highest BCUT2D eigenvalue weighted by atomic mass is 32.2. The van der Waals surface area contributed by atoms with Gasteiger partial charge >= 0.3 is 0 Å². The Morgan fingerprint density at radius 3 is 2.23 bits per heavy atom. The monoisotopic (exact) mass is 625 g/mol. The van der Waals surface area contributed by atoms with Crippen LogP contribution in [0.25, 0.3) is 0 Å². The first kappa shape index (κ1) is 32.8. The van der Waals surface area contributed by atoms with Crippen LogP contribution in [-0.4, -0.2) is 64.5 Å². The molecule has 44 heavy (non-hydrogen) atoms. The van der Waals surface area contributed by atoms with Crippen molar-refractivity contribution in [2.75, 3.05) is 31.6 Å². The van der Waals surface area contributed by atoms with E-state index >= 15 is 0 Å². The summed E-state index contributed by atoms with van der Waals surface area (Å²) in [5.41, 5.74) is 1.07. The van der Waals surface area contributed by atoms with Gasteiger partial charge in [-0.05, 0) is 68.1 Å². The third kappa shape index (κ3) is 8.07. The number of sulfonamides is 1. The molecule has 0 radical (unpaired) electrons. The summed E-state index contributed by atoms with van der Waals surface area (Å²) >= 11 is 0. The van der Waals surface area contributed by atoms with E-state index in [1.165, 1.54) is 49.5 Å². The van der Waals surface area contributed by atoms with E-state index in [4.69, 9.17) is 9.47 Å². The SMILES string of the molecule is COc1ccc(S(=O)(=O)N(CC(=O)N(CCc2ccccc2)[C@@H](C)C(=O)NC2CCCCC2)c2ccc(F)cc2)cc1OC. The molecule has 0 saturated heterocycles. The average Bonchev–Trinajstić information content (AvgIpc) is 3.04. The zero-order valence-electron chi connectivity index (χ0n) is 25.4. The maximum Gasteiger partial charge on any atom is 0.264 e. The topological polar surface area (TPSA) is 105 Å². The summed E-state index contributed by atoms with van der Waals surface area (Å²) in [6, 6.07) is 17.7. The van der Waals surface area contributed by atoms with Crippen LogP contribution in [0, 0.1) is 5.82 Å². The Morgan fingerprint density at radius 2 is 1.59 bits per heavy atom. The van der Waals surface area contributed by atoms with Crippen LogP contribution in [0.2, 0.25) is 0 Å². The first-order valence-electron chi connectivity index (χ1n) is 14.8. The second kappa shape index (κ2) is 15.1. The zero-order chi connectivity index (χ0) is 31.7. The van der Waals surface area contributed by atoms with Crippen LogP contribution in [0.1, 0.15) is 44.6 Å². The molecule has 4 rings (SSSR count). The predicted octanol–water partition coefficient (Wildman–Crippen LogP) is 4.95. The second-order valence-corrected chi connectivity index (χ2v) is 12.7. The molecule has 1 saturated carbocycles. The number of rotatable bonds is 13. The molecule has 11 heteroatoms. The van der Waals surface area contributed by atoms with E-state index in [0.717, 1.165) is 54.1 Å². The van der Waals surface area contributed by atoms with Crippen molar-refractivity contribution >= 4 is 27.5 Å². The van der Waals surface area contributed by atoms with Crippen molar-refractivity contribution in [1.29, 1.82) is 0 Å². The van der Waals surface area contributed by atoms with Crippen molar-refractivity contribution in [3.8, 4) is 11.5 Å². The summed E-state index contributed by atoms with van der Waals surface area (Å²) in [5.74, 6) is -0.881. The van der Waals surface area contributed by atoms with Gasteiger partial charge in [-0.3, -0.25) is 13.9 Å². The van der Waals surface area contributed by atoms with Crippen LogP contribution in [0.15, 0.2) is 77.7 Å². The molecule has 0 unspecified atom stereocenters. The molecule has 1 aliphatic carbocycles. The number of nitrogens with zero attached hydrogens (tertiary/aromatic N) is 2. The van der Waals surface area contributed by atoms with Crippen LogP contribution in [-0.2, 0) is 26.0 Å². The first-order chi connectivity index (χ1) is 21.1. The molecule has 2 amide bonds. The van der Waals surface area contributed by atoms with E-state index in [9.17, 15) is 22.4 Å². The molecular formula is C33H40FN3O6S. The Kier molecular flexibility index (Phi) is 11.2. The molecule has 0 aliphatic heterocycles. The maximum atomic E-state index is 14.1. The van der Waals surface area contributed by atoms with Crippen LogP contribution < -0.4 is 19.1 Å². The number of benzene rings is 3. The minimum absolute atomic E-state index is 0.0471. The van der Waals surface area contributed by atoms with Crippen molar-refractivity contribution in [1.82, 2.24) is 10.2 Å². The summed E-state index contributed by atoms with van der Waals surface area (Å²) in [4.78, 5) is 28.8. The molecule has 1 aliphatic rings. The van der Waals surface area contributed by atoms with Crippen LogP contribution in [0.4, 0.5) is 10.1 Å². The summed E-state index contributed by atoms with van der Waals surface area (Å²) in [5, 5.41) is 3.09. The Hall–Kier alpha value is -4.12. The van der Waals surface area contributed by atoms with Gasteiger partial charge in [0.25, 0.3) is 10.0 Å². The zero-order valence-corrected chi connectivity index (χ0v) is 26.2. The molecular weight excluding hydrogens is 585 g/mol. The highest BCUT2D eigenvalue weighted by Gasteiger charge is 2.33. The van der Waals surface area contributed by atoms with Crippen LogP contribution in [0.3, 0.4) is 0 Å². The number of carbonyl (C=O) groups is 2. The van der Waals surface area contributed by atoms with Gasteiger partial charge in [-0.2, -0.15) is 0 Å². The van der Waals surface area contributed by atoms with E-state index in [1.807, 2.05) is 30.3 Å². The number of halogens is 1. The average molecular weight is 626 g/mol. The highest BCUT2D eigenvalue weighted by Crippen LogP contribution is 2.32. The van der Waals surface area contributed by atoms with Gasteiger partial charge in [0.1, 0.15) is 18.4 Å². The van der Waals surface area contributed by atoms with Crippen molar-refractivity contribution in [2.45, 2.75) is 62.4 Å². The third-order valence-electron chi connectivity index (χ3n) is 7.94. The fraction of sp³-hybridized carbons (Fsp3) is 0.394. The largest absolute Gasteiger partial charge is 0.493 e. The van der Waals surface area contributed by atoms with Gasteiger partial charge in [0.2, 0.25) is 11.8 Å². The molecule has 1 fully saturated rings. The second-order valence-electron chi connectivity index (χ2n) is 10.8. The van der Waals surface area contributed by atoms with Gasteiger partial charge in [0, 0.05) is 18.7 Å². The minimum atomic E-state index is -4.36. The smallest absolute Gasteiger partial charge is 0.264 e. The number of methoxy groups -OCH3 is 2. The Bertz CT molecular complexity index is 1510. The number of hydrogen-bond acceptors (Lipinski definition) is 6. The van der Waals surface area contributed by atoms with Gasteiger partial charge in [0.05, 0.1) is 24.8 Å². The van der Waals surface area contributed by atoms with Crippen molar-refractivity contribution in [3.63, 3.8) is 0 Å². The normalized spacial score (nSPS) is 14.4. The van der Waals surface area contributed by atoms with Crippen molar-refractivity contribution < 1.29 is 31.9 Å². The predicted molar refractivity (Wildman–Crippen MR) is 167 cm³/mol. The summed E-state index contributed by atoms with van der Waals surface area (Å²) in [6.45, 7) is 1.24. The standard InChI is InChI=1S/C33H40FN3O6S/c1-24(33(39)35-27-12-8-5-9-13-27)36(21-20-25-10-6-4-7-11-25)32(38)23-37(28-16-14-26(34)15-17-28)44(40,41)29-18-19-30(42-2)31(22-29)43-3/h4,6-7,10-11,14-19,22,24,27H,5,8-9,12-13,20-21,23H2,1-3H3,(H,35,39)/t24-/m0/s1. The lowest BCUT2D eigenvalue weighted by atomic mass is 9.95. The van der Waals surface area contributed by atoms with Crippen molar-refractivity contribution in [3.05, 3.63) is 84.2 Å². The van der Waals surface area contributed by atoms with E-state index in [-0.39, 0.29) is 34.8 Å². The highest BCUT2D eigenvalue weighted by molar-refractivity contribution is 7.92. The van der Waals surface area contributed by atoms with E-state index in [1.54, 1.807) is 6.92 Å². The number of amides is 2. The Morgan fingerprint density at radius 1 is 0.932 bits per heavy atom. The van der Waals surface area contributed by atoms with Gasteiger partial charge in [0.15, 0.2) is 11.5 Å². The van der Waals surface area contributed by atoms with Crippen LogP contribution >= 0.6 is 0 Å². The Balaban J connectivity index is 1.66. The molecule has 1 N–H and O–H groups in total. The molecule has 0 aromatic heterocycles. The maximum absolute atomic E-state index is 14.1. The van der Waals surface area contributed by atoms with Gasteiger partial charge in [-0.15, -0.1) is 0 Å². The number of ether oxygens (including phenoxy) is 2. The van der Waals surface area contributed by atoms with E-state index in [0.29, 0.717) is 12.2 Å². The first-order valence-corrected chi connectivity index (χ1v) is 16.2. The summed E-state index contributed by atoms with van der Waals surface area (Å²) in [6.07, 6.45) is 5.45. The number of nitrogens with one attached hydrogen (secondary N) is 1. The van der Waals surface area contributed by atoms with Crippen LogP contribution in [0.5, 0.6) is 11.5 Å². The van der Waals surface area contributed by atoms with Gasteiger partial charge < -0.3 is 19.7 Å². The molecule has 236 valence electrons. The molecule has 0 heterocycles. The third-order valence-corrected chi connectivity index (χ3v) is 9.71. The summed E-state index contributed by atoms with van der Waals surface area (Å²) in [7, 11) is -1.54. The van der Waals surface area contributed by atoms with E-state index < -0.39 is 34.3 Å². The molecule has 0 bridgehead atoms. The lowest BCUT2D eigenvalue weighted by Gasteiger charge is -2.33. The van der Waals surface area contributed by atoms with E-state index in [2.05, 4.69) is 5.32 Å². The van der Waals surface area contributed by atoms with Gasteiger partial charge in [-0.1, -0.05) is 49.6 Å². The minimum Gasteiger partial charge on any atom is -0.493 e. The fourth-order valence-corrected chi connectivity index (χ4v) is 6.81. The molecule has 3 aromatic rings. The molecule has 0 spiro atoms. The number of hydrogen-bond donors (Lipinski definition) is 1. The molecule has 9 nitrogen and oxygen atoms in total. The van der Waals surface area contributed by atoms with Gasteiger partial charge in [-0.25, -0.2) is 12.8 Å². The Labute approximate surface area is 259 Å². The fourth-order valence-electron chi connectivity index (χ4n) is 5.38. The lowest BCUT2D eigenvalue weighted by molar-refractivity contribution is -0.139. The van der Waals surface area contributed by atoms with Crippen molar-refractivity contribution in [2.24, 2.45) is 0 Å². The summed E-state index contributed by atoms with van der Waals surface area (Å²) < 4.78 is 53.5. The molecule has 3 aromatic carbocycles. The molecule has 1 atom stereocenters. The number of anilines is 1. The number of carbonyl (C=O) groups excluding carboxylic acids is 2. The quantitative estimate of drug-likeness (QED) is 0.288. The lowest BCUT2D eigenvalue weighted by Crippen LogP contribution is -2.53.